The van der Waals surface area contributed by atoms with Crippen molar-refractivity contribution in [2.24, 2.45) is 5.92 Å². The van der Waals surface area contributed by atoms with Gasteiger partial charge in [-0.15, -0.1) is 0 Å². The third-order valence-corrected chi connectivity index (χ3v) is 8.55. The summed E-state index contributed by atoms with van der Waals surface area (Å²) < 4.78 is 53.3. The van der Waals surface area contributed by atoms with Crippen LogP contribution in [0.15, 0.2) is 66.7 Å². The maximum atomic E-state index is 14.1. The number of carbonyl (C=O) groups is 1. The summed E-state index contributed by atoms with van der Waals surface area (Å²) in [7, 11) is 0. The van der Waals surface area contributed by atoms with Gasteiger partial charge < -0.3 is 19.6 Å². The molecule has 0 unspecified atom stereocenters. The van der Waals surface area contributed by atoms with Gasteiger partial charge in [-0.2, -0.15) is 13.2 Å². The van der Waals surface area contributed by atoms with Gasteiger partial charge in [-0.05, 0) is 60.5 Å². The molecule has 3 aliphatic rings. The molecule has 12 heteroatoms. The van der Waals surface area contributed by atoms with Crippen LogP contribution >= 0.6 is 0 Å². The number of hydrogen-bond acceptors (Lipinski definition) is 6. The number of nitro groups is 1. The molecule has 1 amide bonds. The zero-order chi connectivity index (χ0) is 29.6. The molecule has 0 radical (unpaired) electrons. The number of carbonyl (C=O) groups excluding carboxylic acids is 1. The number of fused-ring (bicyclic) bond motifs is 3. The van der Waals surface area contributed by atoms with Gasteiger partial charge in [0.05, 0.1) is 22.4 Å². The number of nitrogens with zero attached hydrogens (tertiary/aromatic N) is 5. The normalized spacial score (nSPS) is 20.7. The number of rotatable bonds is 4. The zero-order valence-electron chi connectivity index (χ0n) is 22.6. The van der Waals surface area contributed by atoms with Gasteiger partial charge in [0, 0.05) is 75.0 Å². The van der Waals surface area contributed by atoms with Crippen LogP contribution in [0.25, 0.3) is 0 Å². The van der Waals surface area contributed by atoms with Crippen molar-refractivity contribution in [3.63, 3.8) is 0 Å². The maximum Gasteiger partial charge on any atom is 0.416 e. The third kappa shape index (κ3) is 5.33. The molecule has 220 valence electrons. The molecule has 6 rings (SSSR count). The molecule has 42 heavy (non-hydrogen) atoms. The fourth-order valence-corrected chi connectivity index (χ4v) is 6.39. The fraction of sp³-hybridized carbons (Fsp3) is 0.367. The van der Waals surface area contributed by atoms with Crippen molar-refractivity contribution >= 4 is 28.7 Å². The third-order valence-electron chi connectivity index (χ3n) is 8.55. The van der Waals surface area contributed by atoms with Crippen LogP contribution in [0.3, 0.4) is 0 Å². The molecule has 2 fully saturated rings. The summed E-state index contributed by atoms with van der Waals surface area (Å²) in [5.74, 6) is -0.891. The summed E-state index contributed by atoms with van der Waals surface area (Å²) >= 11 is 0. The number of piperazine rings is 2. The number of alkyl halides is 3. The quantitative estimate of drug-likeness (QED) is 0.246. The van der Waals surface area contributed by atoms with Crippen LogP contribution in [0.4, 0.5) is 40.3 Å². The van der Waals surface area contributed by atoms with Gasteiger partial charge in [0.2, 0.25) is 5.91 Å². The highest BCUT2D eigenvalue weighted by Crippen LogP contribution is 2.39. The first-order valence-corrected chi connectivity index (χ1v) is 13.8. The van der Waals surface area contributed by atoms with E-state index in [4.69, 9.17) is 0 Å². The number of nitro benzene ring substituents is 1. The molecule has 0 N–H and O–H groups in total. The van der Waals surface area contributed by atoms with Gasteiger partial charge in [-0.25, -0.2) is 4.39 Å². The molecule has 3 aromatic rings. The fourth-order valence-electron chi connectivity index (χ4n) is 6.39. The van der Waals surface area contributed by atoms with Crippen LogP contribution in [0.1, 0.15) is 11.1 Å². The molecule has 3 heterocycles. The van der Waals surface area contributed by atoms with Gasteiger partial charge in [-0.1, -0.05) is 6.07 Å². The largest absolute Gasteiger partial charge is 0.416 e. The molecule has 0 saturated carbocycles. The molecule has 0 aromatic heterocycles. The van der Waals surface area contributed by atoms with Gasteiger partial charge in [0.1, 0.15) is 5.82 Å². The minimum atomic E-state index is -4.44. The van der Waals surface area contributed by atoms with Gasteiger partial charge >= 0.3 is 6.18 Å². The Morgan fingerprint density at radius 2 is 1.57 bits per heavy atom. The van der Waals surface area contributed by atoms with Crippen LogP contribution in [-0.4, -0.2) is 67.6 Å². The molecule has 0 bridgehead atoms. The highest BCUT2D eigenvalue weighted by molar-refractivity contribution is 5.83. The highest BCUT2D eigenvalue weighted by Gasteiger charge is 2.44. The second kappa shape index (κ2) is 10.8. The standard InChI is InChI=1S/C30H29F4N5O3/c31-22-4-6-23(7-5-22)37-14-15-38-27-9-8-25(39(41)42)16-20(27)17-26(28(38)19-37)29(40)36-12-10-35(11-13-36)24-3-1-2-21(18-24)30(32,33)34/h1-9,16,18,26,28H,10-15,17,19H2/t26-,28+/m1/s1. The van der Waals surface area contributed by atoms with E-state index in [1.165, 1.54) is 24.3 Å². The molecule has 2 atom stereocenters. The van der Waals surface area contributed by atoms with E-state index >= 15 is 0 Å². The van der Waals surface area contributed by atoms with E-state index in [0.717, 1.165) is 29.1 Å². The Morgan fingerprint density at radius 1 is 0.857 bits per heavy atom. The van der Waals surface area contributed by atoms with Crippen molar-refractivity contribution in [2.75, 3.05) is 60.5 Å². The number of hydrogen-bond donors (Lipinski definition) is 0. The summed E-state index contributed by atoms with van der Waals surface area (Å²) in [6, 6.07) is 16.0. The van der Waals surface area contributed by atoms with Crippen LogP contribution in [0, 0.1) is 21.8 Å². The lowest BCUT2D eigenvalue weighted by atomic mass is 9.82. The van der Waals surface area contributed by atoms with Crippen LogP contribution in [0.2, 0.25) is 0 Å². The first-order valence-electron chi connectivity index (χ1n) is 13.8. The summed E-state index contributed by atoms with van der Waals surface area (Å²) in [5, 5.41) is 11.5. The van der Waals surface area contributed by atoms with Crippen molar-refractivity contribution in [3.05, 3.63) is 93.8 Å². The maximum absolute atomic E-state index is 14.1. The van der Waals surface area contributed by atoms with Crippen LogP contribution in [-0.2, 0) is 17.4 Å². The van der Waals surface area contributed by atoms with Gasteiger partial charge in [0.15, 0.2) is 0 Å². The molecule has 0 spiro atoms. The van der Waals surface area contributed by atoms with E-state index in [0.29, 0.717) is 57.9 Å². The molecule has 0 aliphatic carbocycles. The molecular formula is C30H29F4N5O3. The van der Waals surface area contributed by atoms with Crippen LogP contribution < -0.4 is 14.7 Å². The molecule has 8 nitrogen and oxygen atoms in total. The van der Waals surface area contributed by atoms with Gasteiger partial charge in [-0.3, -0.25) is 14.9 Å². The first-order chi connectivity index (χ1) is 20.1. The molecular weight excluding hydrogens is 554 g/mol. The van der Waals surface area contributed by atoms with E-state index in [1.54, 1.807) is 35.2 Å². The predicted octanol–water partition coefficient (Wildman–Crippen LogP) is 4.97. The Morgan fingerprint density at radius 3 is 2.26 bits per heavy atom. The Balaban J connectivity index is 1.23. The molecule has 3 aliphatic heterocycles. The monoisotopic (exact) mass is 583 g/mol. The Kier molecular flexibility index (Phi) is 7.15. The lowest BCUT2D eigenvalue weighted by molar-refractivity contribution is -0.384. The van der Waals surface area contributed by atoms with E-state index in [1.807, 2.05) is 4.90 Å². The summed E-state index contributed by atoms with van der Waals surface area (Å²) in [4.78, 5) is 33.0. The minimum Gasteiger partial charge on any atom is -0.368 e. The van der Waals surface area contributed by atoms with E-state index in [9.17, 15) is 32.5 Å². The number of benzene rings is 3. The zero-order valence-corrected chi connectivity index (χ0v) is 22.6. The second-order valence-corrected chi connectivity index (χ2v) is 10.9. The van der Waals surface area contributed by atoms with Crippen molar-refractivity contribution < 1.29 is 27.3 Å². The average molecular weight is 584 g/mol. The Labute approximate surface area is 239 Å². The SMILES string of the molecule is O=C([C@@H]1Cc2cc([N+](=O)[O-])ccc2N2CCN(c3ccc(F)cc3)C[C@@H]12)N1CCN(c2cccc(C(F)(F)F)c2)CC1. The lowest BCUT2D eigenvalue weighted by Gasteiger charge is -2.50. The van der Waals surface area contributed by atoms with Crippen molar-refractivity contribution in [1.29, 1.82) is 0 Å². The van der Waals surface area contributed by atoms with Crippen LogP contribution in [0.5, 0.6) is 0 Å². The topological polar surface area (TPSA) is 73.2 Å². The molecule has 3 aromatic carbocycles. The highest BCUT2D eigenvalue weighted by atomic mass is 19.4. The summed E-state index contributed by atoms with van der Waals surface area (Å²) in [5.41, 5.74) is 2.20. The number of anilines is 3. The van der Waals surface area contributed by atoms with E-state index in [2.05, 4.69) is 9.80 Å². The Bertz CT molecular complexity index is 1490. The van der Waals surface area contributed by atoms with E-state index in [-0.39, 0.29) is 23.5 Å². The van der Waals surface area contributed by atoms with Crippen molar-refractivity contribution in [2.45, 2.75) is 18.6 Å². The van der Waals surface area contributed by atoms with Gasteiger partial charge in [0.25, 0.3) is 5.69 Å². The Hall–Kier alpha value is -4.35. The first kappa shape index (κ1) is 27.8. The summed E-state index contributed by atoms with van der Waals surface area (Å²) in [6.45, 7) is 3.21. The van der Waals surface area contributed by atoms with E-state index < -0.39 is 22.6 Å². The predicted molar refractivity (Wildman–Crippen MR) is 150 cm³/mol. The van der Waals surface area contributed by atoms with Crippen molar-refractivity contribution in [3.8, 4) is 0 Å². The molecule has 2 saturated heterocycles. The lowest BCUT2D eigenvalue weighted by Crippen LogP contribution is -2.62. The number of amides is 1. The number of halogens is 4. The number of non-ortho nitro benzene ring substituents is 1. The average Bonchev–Trinajstić information content (AvgIpc) is 3.00. The second-order valence-electron chi connectivity index (χ2n) is 10.9. The summed E-state index contributed by atoms with van der Waals surface area (Å²) in [6.07, 6.45) is -4.10. The smallest absolute Gasteiger partial charge is 0.368 e. The van der Waals surface area contributed by atoms with Crippen molar-refractivity contribution in [1.82, 2.24) is 4.90 Å². The minimum absolute atomic E-state index is 0.0296.